The molecule has 0 saturated carbocycles. The number of nitrogens with zero attached hydrogens (tertiary/aromatic N) is 5. The highest BCUT2D eigenvalue weighted by molar-refractivity contribution is 6.33. The number of carboxylic acid groups (broad SMARTS) is 1. The average Bonchev–Trinajstić information content (AvgIpc) is 2.88. The van der Waals surface area contributed by atoms with E-state index in [-0.39, 0.29) is 11.7 Å². The third kappa shape index (κ3) is 2.41. The molecule has 0 aliphatic carbocycles. The fraction of sp³-hybridized carbons (Fsp3) is 0.231. The summed E-state index contributed by atoms with van der Waals surface area (Å²) in [7, 11) is 0. The van der Waals surface area contributed by atoms with Crippen LogP contribution in [0.4, 0.5) is 5.69 Å². The Labute approximate surface area is 125 Å². The van der Waals surface area contributed by atoms with Gasteiger partial charge in [0, 0.05) is 13.1 Å². The average molecular weight is 304 g/mol. The van der Waals surface area contributed by atoms with Crippen LogP contribution < -0.4 is 4.90 Å². The number of aromatic nitrogens is 3. The van der Waals surface area contributed by atoms with E-state index in [1.165, 1.54) is 6.20 Å². The Kier molecular flexibility index (Phi) is 3.23. The van der Waals surface area contributed by atoms with Gasteiger partial charge < -0.3 is 10.0 Å². The quantitative estimate of drug-likeness (QED) is 0.924. The van der Waals surface area contributed by atoms with Crippen molar-refractivity contribution in [2.24, 2.45) is 0 Å². The molecule has 2 aromatic rings. The molecule has 1 N–H and O–H groups in total. The second-order valence-corrected chi connectivity index (χ2v) is 5.13. The van der Waals surface area contributed by atoms with Crippen LogP contribution in [0.1, 0.15) is 22.1 Å². The molecule has 1 saturated heterocycles. The lowest BCUT2D eigenvalue weighted by atomic mass is 10.1. The molecular weight excluding hydrogens is 294 g/mol. The predicted octanol–water partition coefficient (Wildman–Crippen LogP) is 1.56. The third-order valence-electron chi connectivity index (χ3n) is 3.38. The normalized spacial score (nSPS) is 14.6. The van der Waals surface area contributed by atoms with Gasteiger partial charge >= 0.3 is 5.97 Å². The van der Waals surface area contributed by atoms with Crippen LogP contribution in [0, 0.1) is 11.3 Å². The Balaban J connectivity index is 1.70. The third-order valence-corrected chi connectivity index (χ3v) is 3.69. The van der Waals surface area contributed by atoms with E-state index in [4.69, 9.17) is 22.0 Å². The number of rotatable bonds is 3. The fourth-order valence-electron chi connectivity index (χ4n) is 2.21. The number of hydrogen-bond donors (Lipinski definition) is 1. The summed E-state index contributed by atoms with van der Waals surface area (Å²) in [5, 5.41) is 25.6. The van der Waals surface area contributed by atoms with Crippen LogP contribution in [0.25, 0.3) is 0 Å². The molecule has 8 heteroatoms. The summed E-state index contributed by atoms with van der Waals surface area (Å²) in [6.07, 6.45) is 1.42. The molecule has 1 aliphatic heterocycles. The van der Waals surface area contributed by atoms with Crippen molar-refractivity contribution in [3.63, 3.8) is 0 Å². The van der Waals surface area contributed by atoms with E-state index in [1.54, 1.807) is 22.9 Å². The molecule has 1 aliphatic rings. The fourth-order valence-corrected chi connectivity index (χ4v) is 2.51. The Morgan fingerprint density at radius 3 is 2.81 bits per heavy atom. The van der Waals surface area contributed by atoms with Crippen LogP contribution in [0.15, 0.2) is 24.4 Å². The van der Waals surface area contributed by atoms with Gasteiger partial charge in [0.25, 0.3) is 0 Å². The van der Waals surface area contributed by atoms with Crippen molar-refractivity contribution >= 4 is 23.3 Å². The van der Waals surface area contributed by atoms with Crippen LogP contribution in [0.2, 0.25) is 5.02 Å². The Bertz CT molecular complexity index is 745. The molecule has 1 fully saturated rings. The first-order valence-electron chi connectivity index (χ1n) is 6.18. The Morgan fingerprint density at radius 1 is 1.48 bits per heavy atom. The molecule has 0 spiro atoms. The molecule has 106 valence electrons. The monoisotopic (exact) mass is 303 g/mol. The van der Waals surface area contributed by atoms with Crippen molar-refractivity contribution in [3.05, 3.63) is 40.7 Å². The highest BCUT2D eigenvalue weighted by Gasteiger charge is 2.31. The molecule has 1 aromatic heterocycles. The van der Waals surface area contributed by atoms with E-state index in [0.717, 1.165) is 5.69 Å². The minimum atomic E-state index is -1.09. The summed E-state index contributed by atoms with van der Waals surface area (Å²) in [5.74, 6) is -1.09. The number of anilines is 1. The molecule has 3 rings (SSSR count). The van der Waals surface area contributed by atoms with Gasteiger partial charge in [0.1, 0.15) is 0 Å². The second-order valence-electron chi connectivity index (χ2n) is 4.73. The Hall–Kier alpha value is -2.59. The van der Waals surface area contributed by atoms with Gasteiger partial charge in [-0.05, 0) is 18.2 Å². The molecule has 0 bridgehead atoms. The van der Waals surface area contributed by atoms with Crippen molar-refractivity contribution in [1.82, 2.24) is 15.0 Å². The largest absolute Gasteiger partial charge is 0.476 e. The molecular formula is C13H10ClN5O2. The van der Waals surface area contributed by atoms with E-state index in [0.29, 0.717) is 23.7 Å². The van der Waals surface area contributed by atoms with Gasteiger partial charge in [0.15, 0.2) is 5.69 Å². The number of hydrogen-bond acceptors (Lipinski definition) is 5. The Morgan fingerprint density at radius 2 is 2.24 bits per heavy atom. The molecule has 7 nitrogen and oxygen atoms in total. The van der Waals surface area contributed by atoms with Crippen LogP contribution >= 0.6 is 11.6 Å². The smallest absolute Gasteiger partial charge is 0.358 e. The SMILES string of the molecule is N#Cc1ccc(N2CC(n3cc(C(=O)O)nn3)C2)c(Cl)c1. The van der Waals surface area contributed by atoms with Gasteiger partial charge in [0.05, 0.1) is 34.6 Å². The zero-order chi connectivity index (χ0) is 15.0. The van der Waals surface area contributed by atoms with Crippen molar-refractivity contribution in [2.45, 2.75) is 6.04 Å². The minimum Gasteiger partial charge on any atom is -0.476 e. The number of benzene rings is 1. The van der Waals surface area contributed by atoms with E-state index in [2.05, 4.69) is 10.3 Å². The first-order chi connectivity index (χ1) is 10.1. The van der Waals surface area contributed by atoms with E-state index in [9.17, 15) is 4.79 Å². The molecule has 2 heterocycles. The molecule has 0 unspecified atom stereocenters. The van der Waals surface area contributed by atoms with Gasteiger partial charge in [-0.2, -0.15) is 5.26 Å². The lowest BCUT2D eigenvalue weighted by molar-refractivity contribution is 0.0690. The lowest BCUT2D eigenvalue weighted by Crippen LogP contribution is -2.48. The van der Waals surface area contributed by atoms with Gasteiger partial charge in [-0.15, -0.1) is 5.10 Å². The summed E-state index contributed by atoms with van der Waals surface area (Å²) in [6, 6.07) is 7.25. The van der Waals surface area contributed by atoms with Crippen LogP contribution in [0.5, 0.6) is 0 Å². The summed E-state index contributed by atoms with van der Waals surface area (Å²) in [4.78, 5) is 12.8. The molecule has 21 heavy (non-hydrogen) atoms. The first kappa shape index (κ1) is 13.4. The number of carbonyl (C=O) groups is 1. The topological polar surface area (TPSA) is 95.0 Å². The van der Waals surface area contributed by atoms with E-state index >= 15 is 0 Å². The predicted molar refractivity (Wildman–Crippen MR) is 74.4 cm³/mol. The van der Waals surface area contributed by atoms with Crippen LogP contribution in [-0.4, -0.2) is 39.2 Å². The van der Waals surface area contributed by atoms with Gasteiger partial charge in [-0.25, -0.2) is 9.48 Å². The summed E-state index contributed by atoms with van der Waals surface area (Å²) >= 11 is 6.15. The number of nitriles is 1. The van der Waals surface area contributed by atoms with Crippen molar-refractivity contribution in [2.75, 3.05) is 18.0 Å². The van der Waals surface area contributed by atoms with Crippen LogP contribution in [-0.2, 0) is 0 Å². The number of carboxylic acids is 1. The lowest BCUT2D eigenvalue weighted by Gasteiger charge is -2.41. The van der Waals surface area contributed by atoms with Crippen LogP contribution in [0.3, 0.4) is 0 Å². The second kappa shape index (κ2) is 5.07. The van der Waals surface area contributed by atoms with Gasteiger partial charge in [-0.1, -0.05) is 16.8 Å². The van der Waals surface area contributed by atoms with Crippen molar-refractivity contribution in [3.8, 4) is 6.07 Å². The maximum atomic E-state index is 10.8. The maximum Gasteiger partial charge on any atom is 0.358 e. The van der Waals surface area contributed by atoms with Crippen molar-refractivity contribution < 1.29 is 9.90 Å². The summed E-state index contributed by atoms with van der Waals surface area (Å²) in [5.41, 5.74) is 1.30. The zero-order valence-corrected chi connectivity index (χ0v) is 11.5. The van der Waals surface area contributed by atoms with E-state index < -0.39 is 5.97 Å². The van der Waals surface area contributed by atoms with Crippen molar-refractivity contribution in [1.29, 1.82) is 5.26 Å². The maximum absolute atomic E-state index is 10.8. The molecule has 0 amide bonds. The highest BCUT2D eigenvalue weighted by atomic mass is 35.5. The molecule has 1 aromatic carbocycles. The number of halogens is 1. The van der Waals surface area contributed by atoms with Gasteiger partial charge in [-0.3, -0.25) is 0 Å². The standard InChI is InChI=1S/C13H10ClN5O2/c14-10-3-8(4-15)1-2-12(10)18-5-9(6-18)19-7-11(13(20)21)16-17-19/h1-3,7,9H,5-6H2,(H,20,21). The molecule has 0 atom stereocenters. The first-order valence-corrected chi connectivity index (χ1v) is 6.56. The number of aromatic carboxylic acids is 1. The van der Waals surface area contributed by atoms with Gasteiger partial charge in [0.2, 0.25) is 0 Å². The summed E-state index contributed by atoms with van der Waals surface area (Å²) in [6.45, 7) is 1.32. The zero-order valence-electron chi connectivity index (χ0n) is 10.8. The molecule has 0 radical (unpaired) electrons. The van der Waals surface area contributed by atoms with E-state index in [1.807, 2.05) is 11.0 Å². The summed E-state index contributed by atoms with van der Waals surface area (Å²) < 4.78 is 1.55. The minimum absolute atomic E-state index is 0.0649. The highest BCUT2D eigenvalue weighted by Crippen LogP contribution is 2.33.